The maximum Gasteiger partial charge on any atom is 0.379 e. The summed E-state index contributed by atoms with van der Waals surface area (Å²) in [5, 5.41) is 0.0694. The van der Waals surface area contributed by atoms with E-state index in [0.29, 0.717) is 5.78 Å². The molecule has 11 heavy (non-hydrogen) atoms. The SMILES string of the molecule is FC(F)F.O=C1CCCC1S. The van der Waals surface area contributed by atoms with Crippen LogP contribution in [0.4, 0.5) is 13.2 Å². The van der Waals surface area contributed by atoms with Crippen LogP contribution in [-0.4, -0.2) is 17.7 Å². The van der Waals surface area contributed by atoms with Gasteiger partial charge < -0.3 is 0 Å². The molecule has 0 spiro atoms. The number of halogens is 3. The molecule has 0 saturated heterocycles. The van der Waals surface area contributed by atoms with Gasteiger partial charge >= 0.3 is 6.68 Å². The first-order valence-electron chi connectivity index (χ1n) is 3.17. The quantitative estimate of drug-likeness (QED) is 0.574. The first-order valence-corrected chi connectivity index (χ1v) is 3.68. The molecule has 0 amide bonds. The van der Waals surface area contributed by atoms with Gasteiger partial charge in [-0.2, -0.15) is 25.8 Å². The summed E-state index contributed by atoms with van der Waals surface area (Å²) in [6, 6.07) is 0. The maximum absolute atomic E-state index is 10.5. The largest absolute Gasteiger partial charge is 0.379 e. The van der Waals surface area contributed by atoms with Crippen LogP contribution in [0.5, 0.6) is 0 Å². The second-order valence-corrected chi connectivity index (χ2v) is 2.75. The van der Waals surface area contributed by atoms with E-state index in [4.69, 9.17) is 0 Å². The molecule has 1 saturated carbocycles. The number of Topliss-reactive ketones (excluding diaryl/α,β-unsaturated/α-hetero) is 1. The molecule has 5 heteroatoms. The van der Waals surface area contributed by atoms with E-state index in [0.717, 1.165) is 19.3 Å². The van der Waals surface area contributed by atoms with Gasteiger partial charge in [0.15, 0.2) is 0 Å². The highest BCUT2D eigenvalue weighted by molar-refractivity contribution is 7.81. The van der Waals surface area contributed by atoms with E-state index >= 15 is 0 Å². The van der Waals surface area contributed by atoms with Crippen molar-refractivity contribution < 1.29 is 18.0 Å². The third-order valence-electron chi connectivity index (χ3n) is 1.27. The molecule has 1 atom stereocenters. The van der Waals surface area contributed by atoms with Crippen LogP contribution in [0.1, 0.15) is 19.3 Å². The highest BCUT2D eigenvalue weighted by Crippen LogP contribution is 2.18. The number of alkyl halides is 3. The van der Waals surface area contributed by atoms with E-state index < -0.39 is 6.68 Å². The molecule has 0 aromatic heterocycles. The molecule has 1 rings (SSSR count). The van der Waals surface area contributed by atoms with Crippen molar-refractivity contribution in [2.45, 2.75) is 31.2 Å². The van der Waals surface area contributed by atoms with E-state index in [1.807, 2.05) is 0 Å². The van der Waals surface area contributed by atoms with Gasteiger partial charge in [-0.1, -0.05) is 0 Å². The Bertz CT molecular complexity index is 126. The molecule has 1 nitrogen and oxygen atoms in total. The fourth-order valence-corrected chi connectivity index (χ4v) is 1.11. The zero-order chi connectivity index (χ0) is 8.85. The lowest BCUT2D eigenvalue weighted by atomic mass is 10.3. The molecular formula is C6H9F3OS. The lowest BCUT2D eigenvalue weighted by Gasteiger charge is -1.90. The predicted octanol–water partition coefficient (Wildman–Crippen LogP) is 2.22. The average molecular weight is 186 g/mol. The van der Waals surface area contributed by atoms with Gasteiger partial charge in [0.1, 0.15) is 5.78 Å². The average Bonchev–Trinajstić information content (AvgIpc) is 2.15. The van der Waals surface area contributed by atoms with E-state index in [2.05, 4.69) is 12.6 Å². The number of carbonyl (C=O) groups is 1. The molecule has 1 fully saturated rings. The van der Waals surface area contributed by atoms with Gasteiger partial charge in [-0.3, -0.25) is 4.79 Å². The van der Waals surface area contributed by atoms with Crippen molar-refractivity contribution in [3.63, 3.8) is 0 Å². The summed E-state index contributed by atoms with van der Waals surface area (Å²) < 4.78 is 29.0. The first-order chi connectivity index (χ1) is 5.04. The molecule has 0 N–H and O–H groups in total. The maximum atomic E-state index is 10.5. The third-order valence-corrected chi connectivity index (χ3v) is 1.82. The number of hydrogen-bond acceptors (Lipinski definition) is 2. The fourth-order valence-electron chi connectivity index (χ4n) is 0.797. The normalized spacial score (nSPS) is 23.4. The van der Waals surface area contributed by atoms with Crippen LogP contribution >= 0.6 is 12.6 Å². The Morgan fingerprint density at radius 1 is 1.45 bits per heavy atom. The molecular weight excluding hydrogens is 177 g/mol. The lowest BCUT2D eigenvalue weighted by molar-refractivity contribution is -0.116. The van der Waals surface area contributed by atoms with Crippen molar-refractivity contribution in [3.8, 4) is 0 Å². The Morgan fingerprint density at radius 3 is 2.00 bits per heavy atom. The molecule has 0 bridgehead atoms. The van der Waals surface area contributed by atoms with E-state index in [-0.39, 0.29) is 5.25 Å². The molecule has 0 radical (unpaired) electrons. The minimum Gasteiger partial charge on any atom is -0.298 e. The highest BCUT2D eigenvalue weighted by atomic mass is 32.1. The summed E-state index contributed by atoms with van der Waals surface area (Å²) in [4.78, 5) is 10.5. The number of hydrogen-bond donors (Lipinski definition) is 1. The third kappa shape index (κ3) is 6.22. The predicted molar refractivity (Wildman–Crippen MR) is 38.7 cm³/mol. The molecule has 0 aromatic rings. The zero-order valence-electron chi connectivity index (χ0n) is 5.77. The minimum absolute atomic E-state index is 0.0694. The Kier molecular flexibility index (Phi) is 5.36. The van der Waals surface area contributed by atoms with E-state index in [9.17, 15) is 18.0 Å². The molecule has 1 aliphatic carbocycles. The van der Waals surface area contributed by atoms with Crippen LogP contribution < -0.4 is 0 Å². The Balaban J connectivity index is 0.000000218. The molecule has 66 valence electrons. The highest BCUT2D eigenvalue weighted by Gasteiger charge is 2.19. The van der Waals surface area contributed by atoms with Gasteiger partial charge in [0, 0.05) is 6.42 Å². The number of rotatable bonds is 0. The zero-order valence-corrected chi connectivity index (χ0v) is 6.66. The summed E-state index contributed by atoms with van der Waals surface area (Å²) in [7, 11) is 0. The summed E-state index contributed by atoms with van der Waals surface area (Å²) in [5.74, 6) is 0.323. The number of ketones is 1. The molecule has 0 aliphatic heterocycles. The van der Waals surface area contributed by atoms with Crippen molar-refractivity contribution in [1.29, 1.82) is 0 Å². The van der Waals surface area contributed by atoms with Gasteiger partial charge in [-0.25, -0.2) is 0 Å². The van der Waals surface area contributed by atoms with Crippen molar-refractivity contribution in [2.75, 3.05) is 0 Å². The van der Waals surface area contributed by atoms with Crippen molar-refractivity contribution >= 4 is 18.4 Å². The van der Waals surface area contributed by atoms with Gasteiger partial charge in [-0.05, 0) is 12.8 Å². The van der Waals surface area contributed by atoms with Crippen molar-refractivity contribution in [2.24, 2.45) is 0 Å². The summed E-state index contributed by atoms with van der Waals surface area (Å²) >= 11 is 4.04. The molecule has 1 aliphatic rings. The summed E-state index contributed by atoms with van der Waals surface area (Å²) in [6.45, 7) is -3.67. The summed E-state index contributed by atoms with van der Waals surface area (Å²) in [6.07, 6.45) is 2.79. The van der Waals surface area contributed by atoms with Crippen LogP contribution in [0.3, 0.4) is 0 Å². The topological polar surface area (TPSA) is 17.1 Å². The van der Waals surface area contributed by atoms with Crippen LogP contribution in [0.15, 0.2) is 0 Å². The van der Waals surface area contributed by atoms with Crippen molar-refractivity contribution in [1.82, 2.24) is 0 Å². The second-order valence-electron chi connectivity index (χ2n) is 2.12. The number of carbonyl (C=O) groups excluding carboxylic acids is 1. The van der Waals surface area contributed by atoms with Crippen LogP contribution in [0.2, 0.25) is 0 Å². The molecule has 0 aromatic carbocycles. The lowest BCUT2D eigenvalue weighted by Crippen LogP contribution is -2.02. The first kappa shape index (κ1) is 10.8. The van der Waals surface area contributed by atoms with E-state index in [1.165, 1.54) is 0 Å². The van der Waals surface area contributed by atoms with Gasteiger partial charge in [0.25, 0.3) is 0 Å². The summed E-state index contributed by atoms with van der Waals surface area (Å²) in [5.41, 5.74) is 0. The Hall–Kier alpha value is -0.190. The smallest absolute Gasteiger partial charge is 0.298 e. The standard InChI is InChI=1S/C5H8OS.CHF3/c6-4-2-1-3-5(4)7;2-1(3)4/h5,7H,1-3H2;1H. The van der Waals surface area contributed by atoms with E-state index in [1.54, 1.807) is 0 Å². The molecule has 0 heterocycles. The number of thiol groups is 1. The van der Waals surface area contributed by atoms with Gasteiger partial charge in [0.05, 0.1) is 5.25 Å². The second kappa shape index (κ2) is 5.46. The monoisotopic (exact) mass is 186 g/mol. The fraction of sp³-hybridized carbons (Fsp3) is 0.833. The van der Waals surface area contributed by atoms with Crippen LogP contribution in [0, 0.1) is 0 Å². The van der Waals surface area contributed by atoms with Gasteiger partial charge in [-0.15, -0.1) is 0 Å². The van der Waals surface area contributed by atoms with Crippen LogP contribution in [0.25, 0.3) is 0 Å². The minimum atomic E-state index is -3.67. The molecule has 1 unspecified atom stereocenters. The van der Waals surface area contributed by atoms with Crippen LogP contribution in [-0.2, 0) is 4.79 Å². The van der Waals surface area contributed by atoms with Crippen molar-refractivity contribution in [3.05, 3.63) is 0 Å². The Morgan fingerprint density at radius 2 is 1.91 bits per heavy atom. The van der Waals surface area contributed by atoms with Gasteiger partial charge in [0.2, 0.25) is 0 Å². The Labute approximate surface area is 68.4 Å².